The molecule has 1 saturated heterocycles. The number of imide groups is 1. The Balaban J connectivity index is 1.48. The van der Waals surface area contributed by atoms with Crippen LogP contribution in [-0.4, -0.2) is 39.6 Å². The minimum atomic E-state index is -1.18. The number of carbonyl (C=O) groups is 4. The number of benzene rings is 2. The van der Waals surface area contributed by atoms with Gasteiger partial charge in [-0.1, -0.05) is 35.3 Å². The summed E-state index contributed by atoms with van der Waals surface area (Å²) in [5, 5.41) is 11.6. The van der Waals surface area contributed by atoms with E-state index in [0.717, 1.165) is 4.90 Å². The molecule has 2 aromatic carbocycles. The molecule has 0 spiro atoms. The van der Waals surface area contributed by atoms with Crippen molar-refractivity contribution in [1.82, 2.24) is 4.90 Å². The van der Waals surface area contributed by atoms with Gasteiger partial charge in [-0.15, -0.1) is 0 Å². The molecule has 34 heavy (non-hydrogen) atoms. The summed E-state index contributed by atoms with van der Waals surface area (Å²) in [4.78, 5) is 49.5. The Morgan fingerprint density at radius 3 is 2.56 bits per heavy atom. The maximum absolute atomic E-state index is 12.7. The number of aromatic carboxylic acids is 1. The van der Waals surface area contributed by atoms with Crippen molar-refractivity contribution in [1.29, 1.82) is 0 Å². The third-order valence-corrected chi connectivity index (χ3v) is 6.27. The predicted octanol–water partition coefficient (Wildman–Crippen LogP) is 5.63. The number of carbonyl (C=O) groups excluding carboxylic acids is 3. The first kappa shape index (κ1) is 23.6. The van der Waals surface area contributed by atoms with Gasteiger partial charge in [-0.3, -0.25) is 19.3 Å². The summed E-state index contributed by atoms with van der Waals surface area (Å²) in [6, 6.07) is 14.2. The van der Waals surface area contributed by atoms with Gasteiger partial charge in [0.05, 0.1) is 26.2 Å². The molecule has 8 nitrogen and oxygen atoms in total. The van der Waals surface area contributed by atoms with Gasteiger partial charge in [0.2, 0.25) is 5.91 Å². The predicted molar refractivity (Wildman–Crippen MR) is 129 cm³/mol. The second kappa shape index (κ2) is 9.76. The number of rotatable bonds is 6. The summed E-state index contributed by atoms with van der Waals surface area (Å²) in [6.07, 6.45) is 1.38. The van der Waals surface area contributed by atoms with Crippen LogP contribution in [0.3, 0.4) is 0 Å². The second-order valence-corrected chi connectivity index (χ2v) is 8.81. The van der Waals surface area contributed by atoms with E-state index in [0.29, 0.717) is 33.8 Å². The van der Waals surface area contributed by atoms with Crippen molar-refractivity contribution in [2.75, 3.05) is 11.9 Å². The molecule has 3 amide bonds. The first-order valence-corrected chi connectivity index (χ1v) is 11.2. The molecule has 2 N–H and O–H groups in total. The SMILES string of the molecule is O=C(CN1C(=O)S/C(=C\c2ccc(-c3ccc(Cl)c(C(=O)O)c3)o2)C1=O)Nc1ccccc1Cl. The zero-order chi connectivity index (χ0) is 24.4. The number of hydrogen-bond donors (Lipinski definition) is 2. The van der Waals surface area contributed by atoms with Gasteiger partial charge in [0.15, 0.2) is 0 Å². The van der Waals surface area contributed by atoms with Crippen LogP contribution in [0.15, 0.2) is 63.9 Å². The zero-order valence-electron chi connectivity index (χ0n) is 17.1. The number of amides is 3. The van der Waals surface area contributed by atoms with E-state index in [4.69, 9.17) is 27.6 Å². The fourth-order valence-electron chi connectivity index (χ4n) is 3.09. The third-order valence-electron chi connectivity index (χ3n) is 4.70. The van der Waals surface area contributed by atoms with Crippen LogP contribution in [0.25, 0.3) is 17.4 Å². The largest absolute Gasteiger partial charge is 0.478 e. The Morgan fingerprint density at radius 1 is 1.06 bits per heavy atom. The number of nitrogens with zero attached hydrogens (tertiary/aromatic N) is 1. The molecule has 0 radical (unpaired) electrons. The lowest BCUT2D eigenvalue weighted by molar-refractivity contribution is -0.127. The second-order valence-electron chi connectivity index (χ2n) is 7.00. The van der Waals surface area contributed by atoms with Crippen molar-refractivity contribution >= 4 is 69.8 Å². The van der Waals surface area contributed by atoms with E-state index in [1.54, 1.807) is 42.5 Å². The number of hydrogen-bond acceptors (Lipinski definition) is 6. The number of para-hydroxylation sites is 1. The van der Waals surface area contributed by atoms with Crippen LogP contribution in [0.2, 0.25) is 10.0 Å². The van der Waals surface area contributed by atoms with E-state index in [-0.39, 0.29) is 21.3 Å². The van der Waals surface area contributed by atoms with Crippen LogP contribution in [0.1, 0.15) is 16.1 Å². The van der Waals surface area contributed by atoms with Crippen LogP contribution in [0.5, 0.6) is 0 Å². The molecule has 3 aromatic rings. The van der Waals surface area contributed by atoms with E-state index in [1.807, 2.05) is 0 Å². The molecular weight excluding hydrogens is 503 g/mol. The number of halogens is 2. The lowest BCUT2D eigenvalue weighted by Crippen LogP contribution is -2.36. The molecule has 172 valence electrons. The van der Waals surface area contributed by atoms with Crippen molar-refractivity contribution in [3.05, 3.63) is 80.9 Å². The number of thioether (sulfide) groups is 1. The molecular formula is C23H14Cl2N2O6S. The molecule has 4 rings (SSSR count). The maximum Gasteiger partial charge on any atom is 0.337 e. The van der Waals surface area contributed by atoms with Gasteiger partial charge in [0, 0.05) is 11.6 Å². The fraction of sp³-hybridized carbons (Fsp3) is 0.0435. The highest BCUT2D eigenvalue weighted by atomic mass is 35.5. The number of anilines is 1. The molecule has 11 heteroatoms. The topological polar surface area (TPSA) is 117 Å². The molecule has 1 aromatic heterocycles. The summed E-state index contributed by atoms with van der Waals surface area (Å²) in [7, 11) is 0. The van der Waals surface area contributed by atoms with E-state index in [9.17, 15) is 24.3 Å². The van der Waals surface area contributed by atoms with Gasteiger partial charge in [-0.2, -0.15) is 0 Å². The summed E-state index contributed by atoms with van der Waals surface area (Å²) in [5.41, 5.74) is 0.771. The van der Waals surface area contributed by atoms with E-state index in [2.05, 4.69) is 5.32 Å². The maximum atomic E-state index is 12.7. The Hall–Kier alpha value is -3.53. The van der Waals surface area contributed by atoms with E-state index >= 15 is 0 Å². The number of carboxylic acids is 1. The summed E-state index contributed by atoms with van der Waals surface area (Å²) >= 11 is 12.6. The molecule has 0 atom stereocenters. The van der Waals surface area contributed by atoms with Crippen LogP contribution >= 0.6 is 35.0 Å². The van der Waals surface area contributed by atoms with Gasteiger partial charge < -0.3 is 14.8 Å². The van der Waals surface area contributed by atoms with Crippen LogP contribution in [0.4, 0.5) is 10.5 Å². The normalized spacial score (nSPS) is 14.6. The van der Waals surface area contributed by atoms with Crippen LogP contribution in [0, 0.1) is 0 Å². The average molecular weight is 517 g/mol. The first-order chi connectivity index (χ1) is 16.2. The lowest BCUT2D eigenvalue weighted by atomic mass is 10.1. The molecule has 1 fully saturated rings. The van der Waals surface area contributed by atoms with Gasteiger partial charge in [0.1, 0.15) is 18.1 Å². The van der Waals surface area contributed by atoms with Crippen LogP contribution in [-0.2, 0) is 9.59 Å². The van der Waals surface area contributed by atoms with Gasteiger partial charge in [-0.25, -0.2) is 4.79 Å². The van der Waals surface area contributed by atoms with E-state index in [1.165, 1.54) is 18.2 Å². The minimum Gasteiger partial charge on any atom is -0.478 e. The number of carboxylic acid groups (broad SMARTS) is 1. The molecule has 1 aliphatic rings. The minimum absolute atomic E-state index is 0.0756. The van der Waals surface area contributed by atoms with Crippen LogP contribution < -0.4 is 5.32 Å². The first-order valence-electron chi connectivity index (χ1n) is 9.65. The highest BCUT2D eigenvalue weighted by Crippen LogP contribution is 2.34. The molecule has 2 heterocycles. The van der Waals surface area contributed by atoms with Crippen molar-refractivity contribution < 1.29 is 28.7 Å². The quantitative estimate of drug-likeness (QED) is 0.407. The van der Waals surface area contributed by atoms with E-state index < -0.39 is 29.6 Å². The summed E-state index contributed by atoms with van der Waals surface area (Å²) in [5.74, 6) is -1.77. The number of furan rings is 1. The lowest BCUT2D eigenvalue weighted by Gasteiger charge is -2.13. The zero-order valence-corrected chi connectivity index (χ0v) is 19.4. The highest BCUT2D eigenvalue weighted by Gasteiger charge is 2.36. The number of nitrogens with one attached hydrogen (secondary N) is 1. The fourth-order valence-corrected chi connectivity index (χ4v) is 4.29. The highest BCUT2D eigenvalue weighted by molar-refractivity contribution is 8.18. The third kappa shape index (κ3) is 5.01. The van der Waals surface area contributed by atoms with Crippen molar-refractivity contribution in [2.45, 2.75) is 0 Å². The monoisotopic (exact) mass is 516 g/mol. The van der Waals surface area contributed by atoms with Gasteiger partial charge in [0.25, 0.3) is 11.1 Å². The summed E-state index contributed by atoms with van der Waals surface area (Å²) in [6.45, 7) is -0.473. The molecule has 0 aliphatic carbocycles. The standard InChI is InChI=1S/C23H14Cl2N2O6S/c24-15-7-5-12(9-14(15)22(30)31)18-8-6-13(33-18)10-19-21(29)27(23(32)34-19)11-20(28)26-17-4-2-1-3-16(17)25/h1-10H,11H2,(H,26,28)(H,30,31)/b19-10-. The Kier molecular flexibility index (Phi) is 6.78. The average Bonchev–Trinajstić information content (AvgIpc) is 3.36. The Bertz CT molecular complexity index is 1370. The van der Waals surface area contributed by atoms with Crippen molar-refractivity contribution in [3.8, 4) is 11.3 Å². The smallest absolute Gasteiger partial charge is 0.337 e. The molecule has 1 aliphatic heterocycles. The molecule has 0 unspecified atom stereocenters. The molecule has 0 bridgehead atoms. The molecule has 0 saturated carbocycles. The van der Waals surface area contributed by atoms with Gasteiger partial charge in [-0.05, 0) is 54.2 Å². The van der Waals surface area contributed by atoms with Crippen molar-refractivity contribution in [3.63, 3.8) is 0 Å². The Morgan fingerprint density at radius 2 is 1.82 bits per heavy atom. The van der Waals surface area contributed by atoms with Crippen molar-refractivity contribution in [2.24, 2.45) is 0 Å². The summed E-state index contributed by atoms with van der Waals surface area (Å²) < 4.78 is 5.70. The Labute approximate surface area is 207 Å². The van der Waals surface area contributed by atoms with Gasteiger partial charge >= 0.3 is 5.97 Å².